The van der Waals surface area contributed by atoms with E-state index in [1.165, 1.54) is 38.5 Å². The normalized spacial score (nSPS) is 23.6. The molecule has 0 radical (unpaired) electrons. The van der Waals surface area contributed by atoms with E-state index in [1.807, 2.05) is 0 Å². The zero-order valence-corrected chi connectivity index (χ0v) is 7.31. The molecule has 0 aromatic carbocycles. The van der Waals surface area contributed by atoms with E-state index < -0.39 is 0 Å². The van der Waals surface area contributed by atoms with Crippen LogP contribution in [0.2, 0.25) is 0 Å². The van der Waals surface area contributed by atoms with Crippen LogP contribution < -0.4 is 0 Å². The fourth-order valence-corrected chi connectivity index (χ4v) is 1.88. The predicted octanol–water partition coefficient (Wildman–Crippen LogP) is 3.70. The summed E-state index contributed by atoms with van der Waals surface area (Å²) < 4.78 is 0. The SMILES string of the molecule is C=CC1(C=C)CCCCCC1. The molecule has 0 bridgehead atoms. The summed E-state index contributed by atoms with van der Waals surface area (Å²) in [5.74, 6) is 0. The zero-order chi connectivity index (χ0) is 8.16. The lowest BCUT2D eigenvalue weighted by molar-refractivity contribution is 0.425. The summed E-state index contributed by atoms with van der Waals surface area (Å²) in [6.07, 6.45) is 12.2. The van der Waals surface area contributed by atoms with Gasteiger partial charge in [0.2, 0.25) is 0 Å². The Morgan fingerprint density at radius 2 is 1.27 bits per heavy atom. The van der Waals surface area contributed by atoms with Crippen molar-refractivity contribution in [1.82, 2.24) is 0 Å². The summed E-state index contributed by atoms with van der Waals surface area (Å²) in [4.78, 5) is 0. The highest BCUT2D eigenvalue weighted by atomic mass is 14.3. The van der Waals surface area contributed by atoms with Crippen molar-refractivity contribution >= 4 is 0 Å². The van der Waals surface area contributed by atoms with Gasteiger partial charge in [-0.05, 0) is 12.8 Å². The van der Waals surface area contributed by atoms with Crippen LogP contribution in [0.3, 0.4) is 0 Å². The molecule has 0 unspecified atom stereocenters. The van der Waals surface area contributed by atoms with Crippen LogP contribution in [-0.2, 0) is 0 Å². The third kappa shape index (κ3) is 1.95. The fourth-order valence-electron chi connectivity index (χ4n) is 1.88. The van der Waals surface area contributed by atoms with Crippen molar-refractivity contribution in [3.05, 3.63) is 25.3 Å². The van der Waals surface area contributed by atoms with Crippen molar-refractivity contribution < 1.29 is 0 Å². The van der Waals surface area contributed by atoms with E-state index in [0.29, 0.717) is 0 Å². The third-order valence-electron chi connectivity index (χ3n) is 2.85. The Hall–Kier alpha value is -0.520. The van der Waals surface area contributed by atoms with Gasteiger partial charge in [0.1, 0.15) is 0 Å². The lowest BCUT2D eigenvalue weighted by atomic mass is 9.81. The van der Waals surface area contributed by atoms with Crippen molar-refractivity contribution in [1.29, 1.82) is 0 Å². The molecule has 0 aromatic rings. The summed E-state index contributed by atoms with van der Waals surface area (Å²) in [7, 11) is 0. The largest absolute Gasteiger partial charge is 0.102 e. The van der Waals surface area contributed by atoms with Gasteiger partial charge in [-0.3, -0.25) is 0 Å². The molecule has 1 rings (SSSR count). The van der Waals surface area contributed by atoms with Gasteiger partial charge in [-0.25, -0.2) is 0 Å². The zero-order valence-electron chi connectivity index (χ0n) is 7.31. The van der Waals surface area contributed by atoms with Crippen LogP contribution >= 0.6 is 0 Å². The Kier molecular flexibility index (Phi) is 2.92. The predicted molar refractivity (Wildman–Crippen MR) is 50.5 cm³/mol. The van der Waals surface area contributed by atoms with E-state index in [4.69, 9.17) is 0 Å². The molecule has 0 aliphatic heterocycles. The second-order valence-electron chi connectivity index (χ2n) is 3.56. The first-order valence-electron chi connectivity index (χ1n) is 4.60. The number of hydrogen-bond acceptors (Lipinski definition) is 0. The van der Waals surface area contributed by atoms with Crippen molar-refractivity contribution in [2.75, 3.05) is 0 Å². The van der Waals surface area contributed by atoms with Crippen LogP contribution in [-0.4, -0.2) is 0 Å². The molecule has 0 saturated heterocycles. The first-order chi connectivity index (χ1) is 5.33. The average molecular weight is 150 g/mol. The molecule has 0 nitrogen and oxygen atoms in total. The minimum Gasteiger partial charge on any atom is -0.102 e. The molecule has 0 aromatic heterocycles. The molecule has 1 aliphatic rings. The van der Waals surface area contributed by atoms with Crippen LogP contribution in [0, 0.1) is 5.41 Å². The maximum Gasteiger partial charge on any atom is 0.00556 e. The molecule has 1 saturated carbocycles. The Morgan fingerprint density at radius 3 is 1.64 bits per heavy atom. The van der Waals surface area contributed by atoms with Crippen LogP contribution in [0.5, 0.6) is 0 Å². The first-order valence-corrected chi connectivity index (χ1v) is 4.60. The van der Waals surface area contributed by atoms with Crippen molar-refractivity contribution in [2.45, 2.75) is 38.5 Å². The van der Waals surface area contributed by atoms with Crippen LogP contribution in [0.1, 0.15) is 38.5 Å². The molecule has 0 atom stereocenters. The van der Waals surface area contributed by atoms with E-state index >= 15 is 0 Å². The van der Waals surface area contributed by atoms with E-state index in [-0.39, 0.29) is 5.41 Å². The van der Waals surface area contributed by atoms with Crippen LogP contribution in [0.4, 0.5) is 0 Å². The minimum absolute atomic E-state index is 0.274. The summed E-state index contributed by atoms with van der Waals surface area (Å²) in [5, 5.41) is 0. The molecule has 0 spiro atoms. The highest BCUT2D eigenvalue weighted by Crippen LogP contribution is 2.36. The Morgan fingerprint density at radius 1 is 0.818 bits per heavy atom. The van der Waals surface area contributed by atoms with Crippen LogP contribution in [0.15, 0.2) is 25.3 Å². The van der Waals surface area contributed by atoms with E-state index in [2.05, 4.69) is 25.3 Å². The second kappa shape index (κ2) is 3.75. The molecular formula is C11H18. The standard InChI is InChI=1S/C11H18/c1-3-11(4-2)9-7-5-6-8-10-11/h3-4H,1-2,5-10H2. The minimum atomic E-state index is 0.274. The average Bonchev–Trinajstić information content (AvgIpc) is 2.30. The topological polar surface area (TPSA) is 0 Å². The molecule has 1 fully saturated rings. The highest BCUT2D eigenvalue weighted by Gasteiger charge is 2.23. The maximum atomic E-state index is 3.90. The molecule has 0 N–H and O–H groups in total. The molecule has 62 valence electrons. The van der Waals surface area contributed by atoms with Crippen molar-refractivity contribution in [2.24, 2.45) is 5.41 Å². The smallest absolute Gasteiger partial charge is 0.00556 e. The highest BCUT2D eigenvalue weighted by molar-refractivity contribution is 5.06. The van der Waals surface area contributed by atoms with Crippen molar-refractivity contribution in [3.63, 3.8) is 0 Å². The number of rotatable bonds is 2. The summed E-state index contributed by atoms with van der Waals surface area (Å²) in [6.45, 7) is 7.80. The first kappa shape index (κ1) is 8.58. The Balaban J connectivity index is 2.63. The van der Waals surface area contributed by atoms with Gasteiger partial charge in [0.15, 0.2) is 0 Å². The Bertz CT molecular complexity index is 126. The van der Waals surface area contributed by atoms with Gasteiger partial charge in [0.25, 0.3) is 0 Å². The van der Waals surface area contributed by atoms with E-state index in [0.717, 1.165) is 0 Å². The molecule has 0 amide bonds. The maximum absolute atomic E-state index is 3.90. The van der Waals surface area contributed by atoms with E-state index in [9.17, 15) is 0 Å². The number of hydrogen-bond donors (Lipinski definition) is 0. The van der Waals surface area contributed by atoms with Gasteiger partial charge in [-0.15, -0.1) is 13.2 Å². The van der Waals surface area contributed by atoms with Crippen molar-refractivity contribution in [3.8, 4) is 0 Å². The molecule has 0 heteroatoms. The van der Waals surface area contributed by atoms with Gasteiger partial charge < -0.3 is 0 Å². The second-order valence-corrected chi connectivity index (χ2v) is 3.56. The monoisotopic (exact) mass is 150 g/mol. The van der Waals surface area contributed by atoms with Gasteiger partial charge in [0, 0.05) is 5.41 Å². The molecule has 0 heterocycles. The molecule has 11 heavy (non-hydrogen) atoms. The summed E-state index contributed by atoms with van der Waals surface area (Å²) in [6, 6.07) is 0. The van der Waals surface area contributed by atoms with Crippen LogP contribution in [0.25, 0.3) is 0 Å². The summed E-state index contributed by atoms with van der Waals surface area (Å²) >= 11 is 0. The lowest BCUT2D eigenvalue weighted by Gasteiger charge is -2.24. The lowest BCUT2D eigenvalue weighted by Crippen LogP contribution is -2.12. The van der Waals surface area contributed by atoms with Gasteiger partial charge in [0.05, 0.1) is 0 Å². The quantitative estimate of drug-likeness (QED) is 0.416. The van der Waals surface area contributed by atoms with Gasteiger partial charge in [-0.2, -0.15) is 0 Å². The van der Waals surface area contributed by atoms with Gasteiger partial charge >= 0.3 is 0 Å². The Labute approximate surface area is 70.0 Å². The molecule has 1 aliphatic carbocycles. The fraction of sp³-hybridized carbons (Fsp3) is 0.636. The number of allylic oxidation sites excluding steroid dienone is 2. The third-order valence-corrected chi connectivity index (χ3v) is 2.85. The molecular weight excluding hydrogens is 132 g/mol. The summed E-state index contributed by atoms with van der Waals surface area (Å²) in [5.41, 5.74) is 0.274. The van der Waals surface area contributed by atoms with E-state index in [1.54, 1.807) is 0 Å². The van der Waals surface area contributed by atoms with Gasteiger partial charge in [-0.1, -0.05) is 37.8 Å².